The van der Waals surface area contributed by atoms with Crippen LogP contribution in [0.1, 0.15) is 31.7 Å². The summed E-state index contributed by atoms with van der Waals surface area (Å²) in [6.45, 7) is 3.41. The zero-order valence-electron chi connectivity index (χ0n) is 18.9. The first-order valence-electron chi connectivity index (χ1n) is 10.7. The van der Waals surface area contributed by atoms with Crippen molar-refractivity contribution >= 4 is 46.0 Å². The van der Waals surface area contributed by atoms with Crippen molar-refractivity contribution in [1.82, 2.24) is 20.2 Å². The van der Waals surface area contributed by atoms with E-state index in [4.69, 9.17) is 33.1 Å². The molecule has 1 fully saturated rings. The van der Waals surface area contributed by atoms with E-state index in [2.05, 4.69) is 10.5 Å². The lowest BCUT2D eigenvalue weighted by atomic mass is 10.0. The zero-order chi connectivity index (χ0) is 25.9. The van der Waals surface area contributed by atoms with Crippen molar-refractivity contribution < 1.29 is 29.3 Å². The lowest BCUT2D eigenvalue weighted by Gasteiger charge is -2.22. The summed E-state index contributed by atoms with van der Waals surface area (Å²) in [5.74, 6) is -2.23. The molecule has 7 nitrogen and oxygen atoms in total. The van der Waals surface area contributed by atoms with E-state index in [0.29, 0.717) is 28.2 Å². The van der Waals surface area contributed by atoms with Crippen molar-refractivity contribution in [3.05, 3.63) is 52.1 Å². The smallest absolute Gasteiger partial charge is 0.475 e. The number of nitrogens with one attached hydrogen (secondary N) is 1. The van der Waals surface area contributed by atoms with E-state index in [0.717, 1.165) is 28.6 Å². The number of alkyl halides is 3. The zero-order valence-corrected chi connectivity index (χ0v) is 20.4. The molecule has 1 aromatic heterocycles. The quantitative estimate of drug-likeness (QED) is 0.391. The molecule has 0 radical (unpaired) electrons. The first-order chi connectivity index (χ1) is 16.4. The molecule has 2 N–H and O–H groups in total. The van der Waals surface area contributed by atoms with Gasteiger partial charge in [-0.15, -0.1) is 0 Å². The van der Waals surface area contributed by atoms with Crippen molar-refractivity contribution in [1.29, 1.82) is 0 Å². The maximum absolute atomic E-state index is 13.3. The number of aryl methyl sites for hydroxylation is 1. The van der Waals surface area contributed by atoms with E-state index in [1.54, 1.807) is 21.8 Å². The molecule has 12 heteroatoms. The van der Waals surface area contributed by atoms with Crippen LogP contribution in [0.2, 0.25) is 10.0 Å². The fourth-order valence-electron chi connectivity index (χ4n) is 3.49. The van der Waals surface area contributed by atoms with Gasteiger partial charge in [0.25, 0.3) is 5.91 Å². The standard InChI is InChI=1S/C21H22Cl2N4O.C2HF3O2.H2/c1-3-24-27(12-13-7-8-13)21(28)20-17-6-4-5-16(19(17)25-26(20)2)15-10-9-14(22)11-18(15)23;3-2(4,5)1(6)7;/h4-6,9-11,13,24H,3,7-8,12H2,1-2H3;(H,6,7);1H. The summed E-state index contributed by atoms with van der Waals surface area (Å²) in [6.07, 6.45) is -2.72. The van der Waals surface area contributed by atoms with Crippen LogP contribution in [0.5, 0.6) is 0 Å². The van der Waals surface area contributed by atoms with Crippen molar-refractivity contribution in [2.24, 2.45) is 13.0 Å². The van der Waals surface area contributed by atoms with Crippen molar-refractivity contribution in [2.75, 3.05) is 13.1 Å². The van der Waals surface area contributed by atoms with Gasteiger partial charge in [0, 0.05) is 48.1 Å². The average Bonchev–Trinajstić information content (AvgIpc) is 3.52. The summed E-state index contributed by atoms with van der Waals surface area (Å²) in [5.41, 5.74) is 6.25. The molecule has 3 aromatic rings. The average molecular weight is 533 g/mol. The number of amides is 1. The van der Waals surface area contributed by atoms with Gasteiger partial charge >= 0.3 is 12.1 Å². The lowest BCUT2D eigenvalue weighted by molar-refractivity contribution is -0.192. The minimum atomic E-state index is -5.08. The number of aromatic nitrogens is 2. The molecule has 1 aliphatic rings. The van der Waals surface area contributed by atoms with Gasteiger partial charge in [0.2, 0.25) is 0 Å². The molecule has 1 amide bonds. The van der Waals surface area contributed by atoms with Crippen molar-refractivity contribution in [2.45, 2.75) is 25.9 Å². The first-order valence-corrected chi connectivity index (χ1v) is 11.5. The van der Waals surface area contributed by atoms with Gasteiger partial charge in [-0.3, -0.25) is 14.5 Å². The highest BCUT2D eigenvalue weighted by atomic mass is 35.5. The molecule has 1 saturated carbocycles. The number of benzene rings is 2. The summed E-state index contributed by atoms with van der Waals surface area (Å²) in [5, 5.41) is 15.5. The number of nitrogens with zero attached hydrogens (tertiary/aromatic N) is 3. The summed E-state index contributed by atoms with van der Waals surface area (Å²) in [7, 11) is 1.81. The molecule has 0 atom stereocenters. The van der Waals surface area contributed by atoms with Gasteiger partial charge in [-0.2, -0.15) is 18.3 Å². The van der Waals surface area contributed by atoms with Crippen LogP contribution in [-0.4, -0.2) is 51.0 Å². The van der Waals surface area contributed by atoms with Crippen LogP contribution in [-0.2, 0) is 11.8 Å². The number of fused-ring (bicyclic) bond motifs is 1. The first kappa shape index (κ1) is 26.8. The van der Waals surface area contributed by atoms with E-state index >= 15 is 0 Å². The predicted octanol–water partition coefficient (Wildman–Crippen LogP) is 5.80. The van der Waals surface area contributed by atoms with Gasteiger partial charge in [0.1, 0.15) is 11.2 Å². The Kier molecular flexibility index (Phi) is 8.30. The van der Waals surface area contributed by atoms with E-state index in [1.165, 1.54) is 12.8 Å². The van der Waals surface area contributed by atoms with Crippen LogP contribution in [0.4, 0.5) is 13.2 Å². The number of rotatable bonds is 6. The maximum Gasteiger partial charge on any atom is 0.490 e. The molecule has 35 heavy (non-hydrogen) atoms. The molecule has 0 spiro atoms. The lowest BCUT2D eigenvalue weighted by Crippen LogP contribution is -2.44. The molecule has 0 bridgehead atoms. The van der Waals surface area contributed by atoms with Crippen LogP contribution in [0, 0.1) is 5.92 Å². The second-order valence-corrected chi connectivity index (χ2v) is 8.82. The van der Waals surface area contributed by atoms with E-state index in [1.807, 2.05) is 38.2 Å². The van der Waals surface area contributed by atoms with Crippen LogP contribution in [0.3, 0.4) is 0 Å². The normalized spacial score (nSPS) is 13.3. The Balaban J connectivity index is 0.000000503. The Labute approximate surface area is 210 Å². The fourth-order valence-corrected chi connectivity index (χ4v) is 4.00. The van der Waals surface area contributed by atoms with Gasteiger partial charge < -0.3 is 5.11 Å². The van der Waals surface area contributed by atoms with Gasteiger partial charge in [-0.05, 0) is 30.9 Å². The Bertz CT molecular complexity index is 1250. The molecule has 2 aromatic carbocycles. The number of aliphatic carboxylic acids is 1. The van der Waals surface area contributed by atoms with Crippen molar-refractivity contribution in [3.8, 4) is 11.1 Å². The fraction of sp³-hybridized carbons (Fsp3) is 0.348. The number of hydrogen-bond donors (Lipinski definition) is 2. The molecule has 1 heterocycles. The van der Waals surface area contributed by atoms with E-state index in [9.17, 15) is 18.0 Å². The second kappa shape index (κ2) is 10.8. The highest BCUT2D eigenvalue weighted by Crippen LogP contribution is 2.36. The Hall–Kier alpha value is -2.82. The Morgan fingerprint density at radius 2 is 1.89 bits per heavy atom. The Morgan fingerprint density at radius 1 is 1.23 bits per heavy atom. The number of carbonyl (C=O) groups excluding carboxylic acids is 1. The third-order valence-electron chi connectivity index (χ3n) is 5.26. The highest BCUT2D eigenvalue weighted by Gasteiger charge is 2.38. The number of halogens is 5. The highest BCUT2D eigenvalue weighted by molar-refractivity contribution is 6.36. The minimum Gasteiger partial charge on any atom is -0.475 e. The molecule has 0 unspecified atom stereocenters. The van der Waals surface area contributed by atoms with Crippen LogP contribution in [0.25, 0.3) is 22.0 Å². The van der Waals surface area contributed by atoms with Crippen LogP contribution in [0.15, 0.2) is 36.4 Å². The van der Waals surface area contributed by atoms with Gasteiger partial charge in [-0.25, -0.2) is 10.2 Å². The largest absolute Gasteiger partial charge is 0.490 e. The van der Waals surface area contributed by atoms with Gasteiger partial charge in [0.05, 0.1) is 0 Å². The molecular weight excluding hydrogens is 508 g/mol. The number of hydrazine groups is 1. The van der Waals surface area contributed by atoms with Gasteiger partial charge in [-0.1, -0.05) is 54.4 Å². The summed E-state index contributed by atoms with van der Waals surface area (Å²) in [6, 6.07) is 11.2. The molecule has 190 valence electrons. The van der Waals surface area contributed by atoms with Crippen LogP contribution < -0.4 is 5.43 Å². The third-order valence-corrected chi connectivity index (χ3v) is 5.81. The molecule has 1 aliphatic carbocycles. The summed E-state index contributed by atoms with van der Waals surface area (Å²) >= 11 is 12.5. The Morgan fingerprint density at radius 3 is 2.43 bits per heavy atom. The monoisotopic (exact) mass is 532 g/mol. The number of carboxylic acids is 1. The van der Waals surface area contributed by atoms with Gasteiger partial charge in [0.15, 0.2) is 0 Å². The third kappa shape index (κ3) is 6.45. The molecular formula is C23H25Cl2F3N4O3. The predicted molar refractivity (Wildman–Crippen MR) is 129 cm³/mol. The van der Waals surface area contributed by atoms with E-state index in [-0.39, 0.29) is 7.33 Å². The van der Waals surface area contributed by atoms with Crippen molar-refractivity contribution in [3.63, 3.8) is 0 Å². The topological polar surface area (TPSA) is 87.5 Å². The minimum absolute atomic E-state index is 0. The number of hydrogen-bond acceptors (Lipinski definition) is 4. The SMILES string of the molecule is CCNN(CC1CC1)C(=O)c1c2cccc(-c3ccc(Cl)cc3Cl)c2nn1C.O=C(O)C(F)(F)F.[HH]. The molecule has 0 aliphatic heterocycles. The molecule has 0 saturated heterocycles. The van der Waals surface area contributed by atoms with Crippen LogP contribution >= 0.6 is 23.2 Å². The summed E-state index contributed by atoms with van der Waals surface area (Å²) < 4.78 is 33.4. The second-order valence-electron chi connectivity index (χ2n) is 7.97. The number of carbonyl (C=O) groups is 2. The number of carboxylic acid groups (broad SMARTS) is 1. The van der Waals surface area contributed by atoms with E-state index < -0.39 is 12.1 Å². The summed E-state index contributed by atoms with van der Waals surface area (Å²) in [4.78, 5) is 22.2. The maximum atomic E-state index is 13.3. The molecule has 4 rings (SSSR count).